The van der Waals surface area contributed by atoms with E-state index in [-0.39, 0.29) is 18.0 Å². The highest BCUT2D eigenvalue weighted by atomic mass is 32.2. The molecular weight excluding hydrogens is 280 g/mol. The van der Waals surface area contributed by atoms with Crippen LogP contribution in [-0.2, 0) is 14.8 Å². The number of aliphatic hydroxyl groups is 1. The van der Waals surface area contributed by atoms with Crippen LogP contribution in [0.25, 0.3) is 10.8 Å². The molecule has 0 amide bonds. The summed E-state index contributed by atoms with van der Waals surface area (Å²) < 4.78 is 31.7. The van der Waals surface area contributed by atoms with Crippen molar-refractivity contribution >= 4 is 20.8 Å². The predicted molar refractivity (Wildman–Crippen MR) is 74.8 cm³/mol. The van der Waals surface area contributed by atoms with E-state index in [1.165, 1.54) is 13.2 Å². The Bertz CT molecular complexity index is 682. The molecule has 2 rings (SSSR count). The van der Waals surface area contributed by atoms with Crippen LogP contribution < -0.4 is 4.72 Å². The molecule has 20 heavy (non-hydrogen) atoms. The van der Waals surface area contributed by atoms with Crippen LogP contribution in [0.5, 0.6) is 0 Å². The number of ether oxygens (including phenoxy) is 1. The summed E-state index contributed by atoms with van der Waals surface area (Å²) in [5, 5.41) is 10.8. The molecule has 1 unspecified atom stereocenters. The third-order valence-corrected chi connectivity index (χ3v) is 4.28. The molecule has 108 valence electrons. The van der Waals surface area contributed by atoms with Gasteiger partial charge in [0, 0.05) is 36.8 Å². The van der Waals surface area contributed by atoms with E-state index in [0.717, 1.165) is 5.39 Å². The molecule has 0 radical (unpaired) electrons. The summed E-state index contributed by atoms with van der Waals surface area (Å²) in [6.45, 7) is -0.0282. The van der Waals surface area contributed by atoms with Crippen molar-refractivity contribution in [3.63, 3.8) is 0 Å². The lowest BCUT2D eigenvalue weighted by Crippen LogP contribution is -2.34. The number of sulfonamides is 1. The molecule has 6 nitrogen and oxygen atoms in total. The van der Waals surface area contributed by atoms with Gasteiger partial charge in [-0.15, -0.1) is 0 Å². The maximum atomic E-state index is 12.3. The Morgan fingerprint density at radius 1 is 1.40 bits per heavy atom. The Kier molecular flexibility index (Phi) is 4.66. The molecule has 7 heteroatoms. The smallest absolute Gasteiger partial charge is 0.241 e. The highest BCUT2D eigenvalue weighted by Gasteiger charge is 2.18. The molecule has 0 saturated carbocycles. The van der Waals surface area contributed by atoms with E-state index in [2.05, 4.69) is 9.71 Å². The van der Waals surface area contributed by atoms with Crippen LogP contribution in [-0.4, -0.2) is 44.9 Å². The predicted octanol–water partition coefficient (Wildman–Crippen LogP) is 0.520. The van der Waals surface area contributed by atoms with Crippen molar-refractivity contribution in [2.45, 2.75) is 11.0 Å². The monoisotopic (exact) mass is 296 g/mol. The topological polar surface area (TPSA) is 88.5 Å². The maximum Gasteiger partial charge on any atom is 0.241 e. The van der Waals surface area contributed by atoms with Crippen molar-refractivity contribution in [3.8, 4) is 0 Å². The average Bonchev–Trinajstić information content (AvgIpc) is 2.45. The van der Waals surface area contributed by atoms with Crippen molar-refractivity contribution in [3.05, 3.63) is 36.7 Å². The number of aliphatic hydroxyl groups excluding tert-OH is 1. The number of pyridine rings is 1. The number of nitrogens with zero attached hydrogens (tertiary/aromatic N) is 1. The van der Waals surface area contributed by atoms with E-state index in [1.54, 1.807) is 30.6 Å². The van der Waals surface area contributed by atoms with Crippen LogP contribution in [0, 0.1) is 0 Å². The molecule has 1 heterocycles. The van der Waals surface area contributed by atoms with Crippen molar-refractivity contribution in [1.82, 2.24) is 9.71 Å². The van der Waals surface area contributed by atoms with Gasteiger partial charge in [0.1, 0.15) is 0 Å². The molecule has 0 fully saturated rings. The van der Waals surface area contributed by atoms with Gasteiger partial charge >= 0.3 is 0 Å². The highest BCUT2D eigenvalue weighted by Crippen LogP contribution is 2.21. The Labute approximate surface area is 117 Å². The molecule has 0 saturated heterocycles. The first-order chi connectivity index (χ1) is 9.54. The Morgan fingerprint density at radius 3 is 2.95 bits per heavy atom. The zero-order chi connectivity index (χ0) is 14.6. The number of benzene rings is 1. The van der Waals surface area contributed by atoms with Crippen LogP contribution >= 0.6 is 0 Å². The Hall–Kier alpha value is -1.54. The van der Waals surface area contributed by atoms with E-state index < -0.39 is 16.1 Å². The maximum absolute atomic E-state index is 12.3. The lowest BCUT2D eigenvalue weighted by molar-refractivity contribution is 0.0679. The van der Waals surface area contributed by atoms with Crippen molar-refractivity contribution < 1.29 is 18.3 Å². The molecular formula is C13H16N2O4S. The van der Waals surface area contributed by atoms with E-state index in [4.69, 9.17) is 4.74 Å². The third-order valence-electron chi connectivity index (χ3n) is 2.80. The number of hydrogen-bond donors (Lipinski definition) is 2. The lowest BCUT2D eigenvalue weighted by atomic mass is 10.2. The molecule has 0 aliphatic carbocycles. The van der Waals surface area contributed by atoms with E-state index in [0.29, 0.717) is 5.39 Å². The first-order valence-electron chi connectivity index (χ1n) is 6.04. The summed E-state index contributed by atoms with van der Waals surface area (Å²) >= 11 is 0. The summed E-state index contributed by atoms with van der Waals surface area (Å²) in [7, 11) is -2.25. The largest absolute Gasteiger partial charge is 0.389 e. The van der Waals surface area contributed by atoms with Gasteiger partial charge in [0.15, 0.2) is 0 Å². The summed E-state index contributed by atoms with van der Waals surface area (Å²) in [6.07, 6.45) is 2.27. The second kappa shape index (κ2) is 6.27. The van der Waals surface area contributed by atoms with Crippen LogP contribution in [0.3, 0.4) is 0 Å². The molecule has 1 aromatic carbocycles. The van der Waals surface area contributed by atoms with Gasteiger partial charge in [-0.1, -0.05) is 12.1 Å². The van der Waals surface area contributed by atoms with Crippen molar-refractivity contribution in [2.24, 2.45) is 0 Å². The highest BCUT2D eigenvalue weighted by molar-refractivity contribution is 7.89. The zero-order valence-electron chi connectivity index (χ0n) is 11.0. The molecule has 1 aromatic heterocycles. The summed E-state index contributed by atoms with van der Waals surface area (Å²) in [4.78, 5) is 4.13. The molecule has 0 spiro atoms. The molecule has 0 bridgehead atoms. The van der Waals surface area contributed by atoms with Crippen LogP contribution in [0.2, 0.25) is 0 Å². The van der Waals surface area contributed by atoms with Gasteiger partial charge in [0.05, 0.1) is 17.6 Å². The SMILES string of the molecule is COCC(O)CNS(=O)(=O)c1cccc2cnccc12. The number of fused-ring (bicyclic) bond motifs is 1. The summed E-state index contributed by atoms with van der Waals surface area (Å²) in [6, 6.07) is 6.62. The van der Waals surface area contributed by atoms with E-state index in [9.17, 15) is 13.5 Å². The minimum atomic E-state index is -3.69. The van der Waals surface area contributed by atoms with Crippen molar-refractivity contribution in [1.29, 1.82) is 0 Å². The van der Waals surface area contributed by atoms with Crippen molar-refractivity contribution in [2.75, 3.05) is 20.3 Å². The minimum absolute atomic E-state index is 0.0714. The van der Waals surface area contributed by atoms with Crippen LogP contribution in [0.15, 0.2) is 41.6 Å². The second-order valence-corrected chi connectivity index (χ2v) is 6.05. The molecule has 0 aliphatic heterocycles. The normalized spacial score (nSPS) is 13.5. The first kappa shape index (κ1) is 14.9. The first-order valence-corrected chi connectivity index (χ1v) is 7.52. The molecule has 0 aliphatic rings. The Morgan fingerprint density at radius 2 is 2.20 bits per heavy atom. The fourth-order valence-corrected chi connectivity index (χ4v) is 3.16. The number of hydrogen-bond acceptors (Lipinski definition) is 5. The number of rotatable bonds is 6. The number of aromatic nitrogens is 1. The fourth-order valence-electron chi connectivity index (χ4n) is 1.86. The number of nitrogens with one attached hydrogen (secondary N) is 1. The zero-order valence-corrected chi connectivity index (χ0v) is 11.8. The van der Waals surface area contributed by atoms with Gasteiger partial charge in [0.2, 0.25) is 10.0 Å². The second-order valence-electron chi connectivity index (χ2n) is 4.31. The van der Waals surface area contributed by atoms with Gasteiger partial charge in [-0.2, -0.15) is 0 Å². The Balaban J connectivity index is 2.28. The molecule has 2 aromatic rings. The molecule has 1 atom stereocenters. The van der Waals surface area contributed by atoms with Gasteiger partial charge in [-0.3, -0.25) is 4.98 Å². The molecule has 2 N–H and O–H groups in total. The van der Waals surface area contributed by atoms with Crippen LogP contribution in [0.4, 0.5) is 0 Å². The van der Waals surface area contributed by atoms with Gasteiger partial charge in [-0.05, 0) is 12.1 Å². The minimum Gasteiger partial charge on any atom is -0.389 e. The van der Waals surface area contributed by atoms with Gasteiger partial charge < -0.3 is 9.84 Å². The van der Waals surface area contributed by atoms with E-state index in [1.807, 2.05) is 0 Å². The number of methoxy groups -OCH3 is 1. The standard InChI is InChI=1S/C13H16N2O4S/c1-19-9-11(16)8-15-20(17,18)13-4-2-3-10-7-14-6-5-12(10)13/h2-7,11,15-16H,8-9H2,1H3. The van der Waals surface area contributed by atoms with Gasteiger partial charge in [-0.25, -0.2) is 13.1 Å². The van der Waals surface area contributed by atoms with E-state index >= 15 is 0 Å². The average molecular weight is 296 g/mol. The third kappa shape index (κ3) is 3.31. The summed E-state index contributed by atoms with van der Waals surface area (Å²) in [5.41, 5.74) is 0. The summed E-state index contributed by atoms with van der Waals surface area (Å²) in [5.74, 6) is 0. The quantitative estimate of drug-likeness (QED) is 0.811. The van der Waals surface area contributed by atoms with Gasteiger partial charge in [0.25, 0.3) is 0 Å². The lowest BCUT2D eigenvalue weighted by Gasteiger charge is -2.12. The fraction of sp³-hybridized carbons (Fsp3) is 0.308. The van der Waals surface area contributed by atoms with Crippen LogP contribution in [0.1, 0.15) is 0 Å².